The minimum absolute atomic E-state index is 0.102. The van der Waals surface area contributed by atoms with Gasteiger partial charge in [0, 0.05) is 12.5 Å². The Balaban J connectivity index is 2.41. The molecule has 0 N–H and O–H groups in total. The SMILES string of the molecule is CC#CCN(C(=O)CS(C)(=O)=O)c1cn(-c2cccnc2)nc1C. The van der Waals surface area contributed by atoms with E-state index in [2.05, 4.69) is 21.9 Å². The molecule has 0 fully saturated rings. The van der Waals surface area contributed by atoms with Gasteiger partial charge in [-0.15, -0.1) is 5.92 Å². The van der Waals surface area contributed by atoms with Gasteiger partial charge >= 0.3 is 0 Å². The molecule has 0 aliphatic carbocycles. The van der Waals surface area contributed by atoms with E-state index >= 15 is 0 Å². The lowest BCUT2D eigenvalue weighted by Gasteiger charge is -2.18. The Morgan fingerprint density at radius 3 is 2.75 bits per heavy atom. The number of carbonyl (C=O) groups is 1. The Bertz CT molecular complexity index is 892. The third-order valence-electron chi connectivity index (χ3n) is 3.17. The van der Waals surface area contributed by atoms with Crippen LogP contribution in [0.15, 0.2) is 30.7 Å². The van der Waals surface area contributed by atoms with E-state index in [4.69, 9.17) is 0 Å². The van der Waals surface area contributed by atoms with Gasteiger partial charge in [-0.25, -0.2) is 13.1 Å². The number of sulfone groups is 1. The maximum absolute atomic E-state index is 12.4. The molecule has 0 aliphatic rings. The normalized spacial score (nSPS) is 10.8. The molecule has 2 aromatic rings. The maximum Gasteiger partial charge on any atom is 0.243 e. The van der Waals surface area contributed by atoms with E-state index in [0.29, 0.717) is 11.4 Å². The van der Waals surface area contributed by atoms with E-state index in [-0.39, 0.29) is 6.54 Å². The fourth-order valence-electron chi connectivity index (χ4n) is 2.11. The van der Waals surface area contributed by atoms with Gasteiger partial charge in [0.15, 0.2) is 9.84 Å². The Morgan fingerprint density at radius 1 is 1.42 bits per heavy atom. The standard InChI is InChI=1S/C16H18N4O3S/c1-4-5-9-19(16(21)12-24(3,22)23)15-11-20(18-13(15)2)14-7-6-8-17-10-14/h6-8,10-11H,9,12H2,1-3H3. The average Bonchev–Trinajstić information content (AvgIpc) is 2.89. The molecular weight excluding hydrogens is 328 g/mol. The van der Waals surface area contributed by atoms with Crippen molar-refractivity contribution in [1.29, 1.82) is 0 Å². The van der Waals surface area contributed by atoms with Gasteiger partial charge in [-0.2, -0.15) is 5.10 Å². The van der Waals surface area contributed by atoms with E-state index < -0.39 is 21.5 Å². The molecule has 8 heteroatoms. The summed E-state index contributed by atoms with van der Waals surface area (Å²) in [5, 5.41) is 4.37. The van der Waals surface area contributed by atoms with Crippen LogP contribution in [-0.2, 0) is 14.6 Å². The lowest BCUT2D eigenvalue weighted by atomic mass is 10.3. The first-order valence-corrected chi connectivity index (χ1v) is 9.22. The van der Waals surface area contributed by atoms with Crippen molar-refractivity contribution in [2.75, 3.05) is 23.5 Å². The summed E-state index contributed by atoms with van der Waals surface area (Å²) in [4.78, 5) is 17.8. The van der Waals surface area contributed by atoms with E-state index in [1.165, 1.54) is 4.90 Å². The molecule has 0 aliphatic heterocycles. The highest BCUT2D eigenvalue weighted by Gasteiger charge is 2.23. The zero-order valence-corrected chi connectivity index (χ0v) is 14.5. The van der Waals surface area contributed by atoms with Crippen molar-refractivity contribution >= 4 is 21.4 Å². The van der Waals surface area contributed by atoms with Gasteiger partial charge in [0.05, 0.1) is 36.0 Å². The molecule has 0 bridgehead atoms. The highest BCUT2D eigenvalue weighted by atomic mass is 32.2. The number of hydrogen-bond donors (Lipinski definition) is 0. The van der Waals surface area contributed by atoms with Gasteiger partial charge in [0.25, 0.3) is 0 Å². The zero-order valence-electron chi connectivity index (χ0n) is 13.7. The predicted molar refractivity (Wildman–Crippen MR) is 91.6 cm³/mol. The van der Waals surface area contributed by atoms with Crippen LogP contribution in [0.1, 0.15) is 12.6 Å². The Hall–Kier alpha value is -2.66. The first-order chi connectivity index (χ1) is 11.3. The smallest absolute Gasteiger partial charge is 0.243 e. The number of pyridine rings is 1. The number of aryl methyl sites for hydroxylation is 1. The predicted octanol–water partition coefficient (Wildman–Crippen LogP) is 0.977. The van der Waals surface area contributed by atoms with Crippen LogP contribution >= 0.6 is 0 Å². The fraction of sp³-hybridized carbons (Fsp3) is 0.312. The highest BCUT2D eigenvalue weighted by Crippen LogP contribution is 2.21. The second-order valence-electron chi connectivity index (χ2n) is 5.23. The van der Waals surface area contributed by atoms with Crippen LogP contribution in [0.5, 0.6) is 0 Å². The van der Waals surface area contributed by atoms with E-state index in [1.54, 1.807) is 43.2 Å². The summed E-state index contributed by atoms with van der Waals surface area (Å²) >= 11 is 0. The molecule has 7 nitrogen and oxygen atoms in total. The monoisotopic (exact) mass is 346 g/mol. The van der Waals surface area contributed by atoms with Gasteiger partial charge in [-0.3, -0.25) is 14.7 Å². The van der Waals surface area contributed by atoms with E-state index in [0.717, 1.165) is 11.9 Å². The van der Waals surface area contributed by atoms with Crippen LogP contribution in [0.4, 0.5) is 5.69 Å². The van der Waals surface area contributed by atoms with Gasteiger partial charge in [-0.1, -0.05) is 5.92 Å². The third-order valence-corrected chi connectivity index (χ3v) is 3.95. The quantitative estimate of drug-likeness (QED) is 0.753. The van der Waals surface area contributed by atoms with Gasteiger partial charge in [0.2, 0.25) is 5.91 Å². The van der Waals surface area contributed by atoms with Crippen LogP contribution in [0, 0.1) is 18.8 Å². The van der Waals surface area contributed by atoms with Crippen molar-refractivity contribution in [2.24, 2.45) is 0 Å². The van der Waals surface area contributed by atoms with Crippen LogP contribution in [0.25, 0.3) is 5.69 Å². The summed E-state index contributed by atoms with van der Waals surface area (Å²) in [6.45, 7) is 3.51. The molecule has 2 aromatic heterocycles. The molecule has 0 radical (unpaired) electrons. The first-order valence-electron chi connectivity index (χ1n) is 7.16. The molecule has 2 heterocycles. The third kappa shape index (κ3) is 4.43. The number of anilines is 1. The molecular formula is C16H18N4O3S. The molecule has 0 atom stereocenters. The highest BCUT2D eigenvalue weighted by molar-refractivity contribution is 7.91. The minimum atomic E-state index is -3.44. The lowest BCUT2D eigenvalue weighted by Crippen LogP contribution is -2.36. The molecule has 0 unspecified atom stereocenters. The number of rotatable bonds is 5. The van der Waals surface area contributed by atoms with Crippen molar-refractivity contribution in [3.05, 3.63) is 36.4 Å². The molecule has 2 rings (SSSR count). The topological polar surface area (TPSA) is 85.2 Å². The summed E-state index contributed by atoms with van der Waals surface area (Å²) in [7, 11) is -3.44. The number of amides is 1. The Labute approximate surface area is 141 Å². The molecule has 126 valence electrons. The Morgan fingerprint density at radius 2 is 2.17 bits per heavy atom. The van der Waals surface area contributed by atoms with E-state index in [1.807, 2.05) is 6.07 Å². The van der Waals surface area contributed by atoms with Crippen molar-refractivity contribution < 1.29 is 13.2 Å². The summed E-state index contributed by atoms with van der Waals surface area (Å²) in [5.74, 6) is 4.41. The largest absolute Gasteiger partial charge is 0.297 e. The van der Waals surface area contributed by atoms with Gasteiger partial charge in [0.1, 0.15) is 5.75 Å². The summed E-state index contributed by atoms with van der Waals surface area (Å²) in [5.41, 5.74) is 1.86. The second kappa shape index (κ2) is 7.27. The first kappa shape index (κ1) is 17.7. The number of carbonyl (C=O) groups excluding carboxylic acids is 1. The maximum atomic E-state index is 12.4. The molecule has 0 aromatic carbocycles. The van der Waals surface area contributed by atoms with Crippen LogP contribution in [-0.4, -0.2) is 47.6 Å². The molecule has 24 heavy (non-hydrogen) atoms. The van der Waals surface area contributed by atoms with E-state index in [9.17, 15) is 13.2 Å². The van der Waals surface area contributed by atoms with Crippen molar-refractivity contribution in [2.45, 2.75) is 13.8 Å². The Kier molecular flexibility index (Phi) is 5.36. The minimum Gasteiger partial charge on any atom is -0.297 e. The summed E-state index contributed by atoms with van der Waals surface area (Å²) in [6.07, 6.45) is 5.99. The number of nitrogens with zero attached hydrogens (tertiary/aromatic N) is 4. The number of aromatic nitrogens is 3. The van der Waals surface area contributed by atoms with Gasteiger partial charge in [-0.05, 0) is 26.0 Å². The zero-order chi connectivity index (χ0) is 17.7. The second-order valence-corrected chi connectivity index (χ2v) is 7.37. The molecule has 0 saturated heterocycles. The van der Waals surface area contributed by atoms with Crippen LogP contribution in [0.3, 0.4) is 0 Å². The van der Waals surface area contributed by atoms with Crippen LogP contribution in [0.2, 0.25) is 0 Å². The average molecular weight is 346 g/mol. The number of hydrogen-bond acceptors (Lipinski definition) is 5. The molecule has 0 spiro atoms. The molecule has 0 saturated carbocycles. The van der Waals surface area contributed by atoms with Crippen molar-refractivity contribution in [3.63, 3.8) is 0 Å². The summed E-state index contributed by atoms with van der Waals surface area (Å²) in [6, 6.07) is 3.61. The molecule has 1 amide bonds. The summed E-state index contributed by atoms with van der Waals surface area (Å²) < 4.78 is 24.5. The van der Waals surface area contributed by atoms with Crippen molar-refractivity contribution in [1.82, 2.24) is 14.8 Å². The van der Waals surface area contributed by atoms with Gasteiger partial charge < -0.3 is 0 Å². The van der Waals surface area contributed by atoms with Crippen molar-refractivity contribution in [3.8, 4) is 17.5 Å². The fourth-order valence-corrected chi connectivity index (χ4v) is 2.71. The lowest BCUT2D eigenvalue weighted by molar-refractivity contribution is -0.116. The van der Waals surface area contributed by atoms with Crippen LogP contribution < -0.4 is 4.90 Å².